The number of nitrogens with zero attached hydrogens (tertiary/aromatic N) is 2. The minimum Gasteiger partial charge on any atom is -0.481 e. The molecule has 0 bridgehead atoms. The molecule has 0 saturated heterocycles. The minimum atomic E-state index is -0.914. The Morgan fingerprint density at radius 2 is 2.08 bits per heavy atom. The smallest absolute Gasteiger partial charge is 0.308 e. The van der Waals surface area contributed by atoms with Crippen molar-refractivity contribution in [2.45, 2.75) is 45.1 Å². The lowest BCUT2D eigenvalue weighted by Gasteiger charge is -2.13. The molecule has 26 heavy (non-hydrogen) atoms. The van der Waals surface area contributed by atoms with E-state index < -0.39 is 11.9 Å². The molecule has 1 fully saturated rings. The quantitative estimate of drug-likeness (QED) is 0.800. The third kappa shape index (κ3) is 4.50. The fourth-order valence-corrected chi connectivity index (χ4v) is 3.51. The maximum Gasteiger partial charge on any atom is 0.308 e. The summed E-state index contributed by atoms with van der Waals surface area (Å²) < 4.78 is 1.86. The number of aliphatic carboxylic acids is 1. The van der Waals surface area contributed by atoms with Crippen molar-refractivity contribution in [3.05, 3.63) is 53.3 Å². The molecule has 1 aromatic heterocycles. The van der Waals surface area contributed by atoms with E-state index in [2.05, 4.69) is 10.4 Å². The number of hydrogen-bond acceptors (Lipinski definition) is 3. The van der Waals surface area contributed by atoms with Crippen LogP contribution >= 0.6 is 0 Å². The van der Waals surface area contributed by atoms with Gasteiger partial charge in [-0.2, -0.15) is 5.10 Å². The largest absolute Gasteiger partial charge is 0.481 e. The van der Waals surface area contributed by atoms with Gasteiger partial charge in [-0.3, -0.25) is 14.3 Å². The first-order chi connectivity index (χ1) is 12.5. The van der Waals surface area contributed by atoms with Crippen molar-refractivity contribution in [2.24, 2.45) is 5.92 Å². The predicted octanol–water partition coefficient (Wildman–Crippen LogP) is 2.98. The van der Waals surface area contributed by atoms with Crippen LogP contribution in [-0.2, 0) is 11.2 Å². The summed E-state index contributed by atoms with van der Waals surface area (Å²) in [6.45, 7) is 2.06. The van der Waals surface area contributed by atoms with Crippen LogP contribution in [0.2, 0.25) is 0 Å². The van der Waals surface area contributed by atoms with E-state index in [1.54, 1.807) is 6.07 Å². The Balaban J connectivity index is 1.58. The van der Waals surface area contributed by atoms with Crippen LogP contribution in [0, 0.1) is 12.8 Å². The molecule has 1 aliphatic rings. The molecule has 3 rings (SSSR count). The summed E-state index contributed by atoms with van der Waals surface area (Å²) >= 11 is 0. The first-order valence-corrected chi connectivity index (χ1v) is 9.14. The Morgan fingerprint density at radius 3 is 2.77 bits per heavy atom. The Hall–Kier alpha value is -2.63. The highest BCUT2D eigenvalue weighted by Gasteiger charge is 2.22. The standard InChI is InChI=1S/C20H25N3O3/c1-14-5-4-6-15(11-14)12-16(20(25)26)13-21-19(24)18-9-10-23(22-18)17-7-2-3-8-17/h4-6,9-11,16-17H,2-3,7-8,12-13H2,1H3,(H,21,24)(H,25,26). The molecular formula is C20H25N3O3. The highest BCUT2D eigenvalue weighted by atomic mass is 16.4. The minimum absolute atomic E-state index is 0.0817. The number of carboxylic acid groups (broad SMARTS) is 1. The van der Waals surface area contributed by atoms with Crippen molar-refractivity contribution >= 4 is 11.9 Å². The molecule has 0 aliphatic heterocycles. The van der Waals surface area contributed by atoms with Gasteiger partial charge in [0.1, 0.15) is 5.69 Å². The van der Waals surface area contributed by atoms with Crippen LogP contribution in [0.5, 0.6) is 0 Å². The SMILES string of the molecule is Cc1cccc(CC(CNC(=O)c2ccn(C3CCCC3)n2)C(=O)O)c1. The summed E-state index contributed by atoms with van der Waals surface area (Å²) in [5.74, 6) is -1.90. The van der Waals surface area contributed by atoms with Gasteiger partial charge < -0.3 is 10.4 Å². The Labute approximate surface area is 153 Å². The molecule has 1 atom stereocenters. The van der Waals surface area contributed by atoms with Gasteiger partial charge >= 0.3 is 5.97 Å². The highest BCUT2D eigenvalue weighted by Crippen LogP contribution is 2.28. The molecule has 1 heterocycles. The molecule has 1 aliphatic carbocycles. The molecule has 2 N–H and O–H groups in total. The van der Waals surface area contributed by atoms with Crippen molar-refractivity contribution in [1.29, 1.82) is 0 Å². The second-order valence-electron chi connectivity index (χ2n) is 7.06. The van der Waals surface area contributed by atoms with Crippen molar-refractivity contribution in [3.63, 3.8) is 0 Å². The zero-order chi connectivity index (χ0) is 18.5. The van der Waals surface area contributed by atoms with E-state index in [9.17, 15) is 14.7 Å². The summed E-state index contributed by atoms with van der Waals surface area (Å²) in [5, 5.41) is 16.6. The first kappa shape index (κ1) is 18.2. The van der Waals surface area contributed by atoms with E-state index in [1.165, 1.54) is 12.8 Å². The number of carbonyl (C=O) groups excluding carboxylic acids is 1. The molecule has 0 radical (unpaired) electrons. The maximum atomic E-state index is 12.3. The molecule has 1 saturated carbocycles. The lowest BCUT2D eigenvalue weighted by molar-refractivity contribution is -0.141. The molecule has 138 valence electrons. The van der Waals surface area contributed by atoms with Crippen LogP contribution in [0.4, 0.5) is 0 Å². The number of hydrogen-bond donors (Lipinski definition) is 2. The van der Waals surface area contributed by atoms with Gasteiger partial charge in [0.15, 0.2) is 0 Å². The molecule has 6 heteroatoms. The van der Waals surface area contributed by atoms with Gasteiger partial charge in [0, 0.05) is 12.7 Å². The number of aromatic nitrogens is 2. The first-order valence-electron chi connectivity index (χ1n) is 9.14. The zero-order valence-electron chi connectivity index (χ0n) is 15.0. The number of aryl methyl sites for hydroxylation is 1. The van der Waals surface area contributed by atoms with Gasteiger partial charge in [-0.1, -0.05) is 42.7 Å². The molecule has 2 aromatic rings. The van der Waals surface area contributed by atoms with E-state index in [0.717, 1.165) is 24.0 Å². The van der Waals surface area contributed by atoms with Gasteiger partial charge in [-0.05, 0) is 37.8 Å². The van der Waals surface area contributed by atoms with Gasteiger partial charge in [-0.15, -0.1) is 0 Å². The van der Waals surface area contributed by atoms with Gasteiger partial charge in [0.05, 0.1) is 12.0 Å². The van der Waals surface area contributed by atoms with Crippen molar-refractivity contribution in [3.8, 4) is 0 Å². The lowest BCUT2D eigenvalue weighted by atomic mass is 9.98. The van der Waals surface area contributed by atoms with Crippen LogP contribution in [0.15, 0.2) is 36.5 Å². The van der Waals surface area contributed by atoms with E-state index in [4.69, 9.17) is 0 Å². The lowest BCUT2D eigenvalue weighted by Crippen LogP contribution is -2.34. The number of carbonyl (C=O) groups is 2. The molecule has 6 nitrogen and oxygen atoms in total. The summed E-state index contributed by atoms with van der Waals surface area (Å²) in [6.07, 6.45) is 6.82. The number of nitrogens with one attached hydrogen (secondary N) is 1. The number of amides is 1. The molecule has 1 aromatic carbocycles. The molecule has 0 spiro atoms. The third-order valence-corrected chi connectivity index (χ3v) is 4.96. The van der Waals surface area contributed by atoms with Crippen molar-refractivity contribution in [2.75, 3.05) is 6.54 Å². The molecule has 1 unspecified atom stereocenters. The van der Waals surface area contributed by atoms with Crippen LogP contribution in [0.3, 0.4) is 0 Å². The fourth-order valence-electron chi connectivity index (χ4n) is 3.51. The average Bonchev–Trinajstić information content (AvgIpc) is 3.28. The normalized spacial score (nSPS) is 15.7. The monoisotopic (exact) mass is 355 g/mol. The van der Waals surface area contributed by atoms with Crippen molar-refractivity contribution < 1.29 is 14.7 Å². The average molecular weight is 355 g/mol. The molecular weight excluding hydrogens is 330 g/mol. The topological polar surface area (TPSA) is 84.2 Å². The van der Waals surface area contributed by atoms with Crippen LogP contribution in [-0.4, -0.2) is 33.3 Å². The van der Waals surface area contributed by atoms with Crippen LogP contribution in [0.25, 0.3) is 0 Å². The van der Waals surface area contributed by atoms with E-state index in [1.807, 2.05) is 42.1 Å². The zero-order valence-corrected chi connectivity index (χ0v) is 15.0. The summed E-state index contributed by atoms with van der Waals surface area (Å²) in [6, 6.07) is 9.85. The number of carboxylic acids is 1. The number of benzene rings is 1. The van der Waals surface area contributed by atoms with Gasteiger partial charge in [0.2, 0.25) is 0 Å². The van der Waals surface area contributed by atoms with Gasteiger partial charge in [-0.25, -0.2) is 0 Å². The maximum absolute atomic E-state index is 12.3. The summed E-state index contributed by atoms with van der Waals surface area (Å²) in [5.41, 5.74) is 2.39. The van der Waals surface area contributed by atoms with Crippen LogP contribution < -0.4 is 5.32 Å². The van der Waals surface area contributed by atoms with Crippen LogP contribution in [0.1, 0.15) is 53.3 Å². The Bertz CT molecular complexity index is 778. The summed E-state index contributed by atoms with van der Waals surface area (Å²) in [7, 11) is 0. The van der Waals surface area contributed by atoms with Gasteiger partial charge in [0.25, 0.3) is 5.91 Å². The molecule has 1 amide bonds. The third-order valence-electron chi connectivity index (χ3n) is 4.96. The second kappa shape index (κ2) is 8.17. The second-order valence-corrected chi connectivity index (χ2v) is 7.06. The number of rotatable bonds is 7. The van der Waals surface area contributed by atoms with E-state index in [-0.39, 0.29) is 12.5 Å². The predicted molar refractivity (Wildman–Crippen MR) is 98.1 cm³/mol. The summed E-state index contributed by atoms with van der Waals surface area (Å²) in [4.78, 5) is 23.9. The highest BCUT2D eigenvalue weighted by molar-refractivity contribution is 5.92. The van der Waals surface area contributed by atoms with E-state index in [0.29, 0.717) is 18.2 Å². The Kier molecular flexibility index (Phi) is 5.71. The van der Waals surface area contributed by atoms with E-state index >= 15 is 0 Å². The fraction of sp³-hybridized carbons (Fsp3) is 0.450. The van der Waals surface area contributed by atoms with Crippen molar-refractivity contribution in [1.82, 2.24) is 15.1 Å². The Morgan fingerprint density at radius 1 is 1.31 bits per heavy atom.